The Labute approximate surface area is 153 Å². The molecule has 1 unspecified atom stereocenters. The van der Waals surface area contributed by atoms with E-state index >= 15 is 0 Å². The van der Waals surface area contributed by atoms with Crippen LogP contribution < -0.4 is 0 Å². The van der Waals surface area contributed by atoms with Gasteiger partial charge in [0.25, 0.3) is 0 Å². The molecule has 1 aliphatic rings. The van der Waals surface area contributed by atoms with E-state index in [4.69, 9.17) is 4.42 Å². The molecule has 4 rings (SSSR count). The molecule has 2 aromatic carbocycles. The topological polar surface area (TPSA) is 42.2 Å². The summed E-state index contributed by atoms with van der Waals surface area (Å²) in [6, 6.07) is 14.8. The summed E-state index contributed by atoms with van der Waals surface area (Å²) in [5.41, 5.74) is 2.03. The average molecular weight is 402 g/mol. The molecule has 0 spiro atoms. The average Bonchev–Trinajstić information content (AvgIpc) is 3.27. The fourth-order valence-electron chi connectivity index (χ4n) is 3.28. The third-order valence-corrected chi connectivity index (χ3v) is 5.04. The molecule has 0 radical (unpaired) electrons. The standard InChI is InChI=1S/C19H17BrFN3O/c20-15-7-3-14(4-8-15)19-23-22-18(25-19)12-24-11-1-2-17(24)13-5-9-16(21)10-6-13/h3-10,17H,1-2,11-12H2. The summed E-state index contributed by atoms with van der Waals surface area (Å²) in [6.45, 7) is 1.57. The maximum atomic E-state index is 13.2. The molecular formula is C19H17BrFN3O. The molecule has 0 aliphatic carbocycles. The molecule has 3 aromatic rings. The Balaban J connectivity index is 1.50. The van der Waals surface area contributed by atoms with Crippen LogP contribution in [0, 0.1) is 5.82 Å². The zero-order valence-electron chi connectivity index (χ0n) is 13.5. The first-order valence-electron chi connectivity index (χ1n) is 8.27. The van der Waals surface area contributed by atoms with Crippen molar-refractivity contribution in [2.75, 3.05) is 6.54 Å². The number of hydrogen-bond donors (Lipinski definition) is 0. The number of hydrogen-bond acceptors (Lipinski definition) is 4. The molecule has 4 nitrogen and oxygen atoms in total. The SMILES string of the molecule is Fc1ccc(C2CCCN2Cc2nnc(-c3ccc(Br)cc3)o2)cc1. The fraction of sp³-hybridized carbons (Fsp3) is 0.263. The number of benzene rings is 2. The van der Waals surface area contributed by atoms with Gasteiger partial charge in [-0.2, -0.15) is 0 Å². The van der Waals surface area contributed by atoms with Gasteiger partial charge in [0.2, 0.25) is 11.8 Å². The van der Waals surface area contributed by atoms with Crippen molar-refractivity contribution in [2.24, 2.45) is 0 Å². The minimum absolute atomic E-state index is 0.204. The lowest BCUT2D eigenvalue weighted by atomic mass is 10.0. The van der Waals surface area contributed by atoms with Crippen LogP contribution in [-0.4, -0.2) is 21.6 Å². The van der Waals surface area contributed by atoms with E-state index in [1.807, 2.05) is 36.4 Å². The molecule has 1 aromatic heterocycles. The van der Waals surface area contributed by atoms with Gasteiger partial charge in [-0.15, -0.1) is 10.2 Å². The molecule has 6 heteroatoms. The van der Waals surface area contributed by atoms with Crippen LogP contribution in [0.4, 0.5) is 4.39 Å². The number of nitrogens with zero attached hydrogens (tertiary/aromatic N) is 3. The number of halogens is 2. The third kappa shape index (κ3) is 3.65. The molecular weight excluding hydrogens is 385 g/mol. The molecule has 0 bridgehead atoms. The predicted octanol–water partition coefficient (Wildman–Crippen LogP) is 4.98. The highest BCUT2D eigenvalue weighted by molar-refractivity contribution is 9.10. The molecule has 0 saturated carbocycles. The quantitative estimate of drug-likeness (QED) is 0.618. The normalized spacial score (nSPS) is 17.9. The minimum Gasteiger partial charge on any atom is -0.419 e. The van der Waals surface area contributed by atoms with Crippen LogP contribution in [0.3, 0.4) is 0 Å². The van der Waals surface area contributed by atoms with Crippen molar-refractivity contribution in [2.45, 2.75) is 25.4 Å². The first-order chi connectivity index (χ1) is 12.2. The van der Waals surface area contributed by atoms with Crippen molar-refractivity contribution in [3.8, 4) is 11.5 Å². The van der Waals surface area contributed by atoms with Crippen LogP contribution in [0.5, 0.6) is 0 Å². The molecule has 25 heavy (non-hydrogen) atoms. The van der Waals surface area contributed by atoms with Crippen molar-refractivity contribution < 1.29 is 8.81 Å². The van der Waals surface area contributed by atoms with Crippen molar-refractivity contribution >= 4 is 15.9 Å². The maximum Gasteiger partial charge on any atom is 0.247 e. The molecule has 0 N–H and O–H groups in total. The van der Waals surface area contributed by atoms with Gasteiger partial charge in [-0.1, -0.05) is 28.1 Å². The van der Waals surface area contributed by atoms with E-state index in [9.17, 15) is 4.39 Å². The Morgan fingerprint density at radius 1 is 1.08 bits per heavy atom. The van der Waals surface area contributed by atoms with Crippen molar-refractivity contribution in [3.05, 3.63) is 70.3 Å². The van der Waals surface area contributed by atoms with Gasteiger partial charge in [0.1, 0.15) is 5.82 Å². The first-order valence-corrected chi connectivity index (χ1v) is 9.06. The molecule has 128 valence electrons. The molecule has 2 heterocycles. The molecule has 0 amide bonds. The second-order valence-electron chi connectivity index (χ2n) is 6.19. The maximum absolute atomic E-state index is 13.2. The van der Waals surface area contributed by atoms with E-state index in [2.05, 4.69) is 31.0 Å². The van der Waals surface area contributed by atoms with Gasteiger partial charge in [-0.25, -0.2) is 4.39 Å². The third-order valence-electron chi connectivity index (χ3n) is 4.51. The van der Waals surface area contributed by atoms with Crippen LogP contribution >= 0.6 is 15.9 Å². The van der Waals surface area contributed by atoms with Crippen molar-refractivity contribution in [1.82, 2.24) is 15.1 Å². The predicted molar refractivity (Wildman–Crippen MR) is 96.2 cm³/mol. The molecule has 1 fully saturated rings. The summed E-state index contributed by atoms with van der Waals surface area (Å²) < 4.78 is 20.0. The Kier molecular flexibility index (Phi) is 4.63. The smallest absolute Gasteiger partial charge is 0.247 e. The molecule has 1 aliphatic heterocycles. The Hall–Kier alpha value is -2.05. The van der Waals surface area contributed by atoms with E-state index < -0.39 is 0 Å². The van der Waals surface area contributed by atoms with Crippen LogP contribution in [0.1, 0.15) is 30.3 Å². The van der Waals surface area contributed by atoms with E-state index in [1.54, 1.807) is 0 Å². The van der Waals surface area contributed by atoms with Crippen LogP contribution in [0.2, 0.25) is 0 Å². The summed E-state index contributed by atoms with van der Waals surface area (Å²) >= 11 is 3.42. The lowest BCUT2D eigenvalue weighted by molar-refractivity contribution is 0.224. The Bertz CT molecular complexity index is 848. The fourth-order valence-corrected chi connectivity index (χ4v) is 3.54. The van der Waals surface area contributed by atoms with Crippen molar-refractivity contribution in [3.63, 3.8) is 0 Å². The molecule has 1 saturated heterocycles. The van der Waals surface area contributed by atoms with Gasteiger partial charge in [-0.3, -0.25) is 4.90 Å². The first kappa shape index (κ1) is 16.4. The van der Waals surface area contributed by atoms with Crippen LogP contribution in [-0.2, 0) is 6.54 Å². The summed E-state index contributed by atoms with van der Waals surface area (Å²) in [6.07, 6.45) is 2.16. The van der Waals surface area contributed by atoms with Gasteiger partial charge < -0.3 is 4.42 Å². The summed E-state index contributed by atoms with van der Waals surface area (Å²) in [5.74, 6) is 0.927. The zero-order chi connectivity index (χ0) is 17.2. The van der Waals surface area contributed by atoms with Gasteiger partial charge in [0, 0.05) is 16.1 Å². The Morgan fingerprint density at radius 3 is 2.60 bits per heavy atom. The van der Waals surface area contributed by atoms with E-state index in [-0.39, 0.29) is 11.9 Å². The van der Waals surface area contributed by atoms with Gasteiger partial charge in [0.05, 0.1) is 6.54 Å². The minimum atomic E-state index is -0.204. The zero-order valence-corrected chi connectivity index (χ0v) is 15.1. The Morgan fingerprint density at radius 2 is 1.84 bits per heavy atom. The van der Waals surface area contributed by atoms with Gasteiger partial charge >= 0.3 is 0 Å². The number of rotatable bonds is 4. The second-order valence-corrected chi connectivity index (χ2v) is 7.10. The van der Waals surface area contributed by atoms with E-state index in [0.717, 1.165) is 35.0 Å². The highest BCUT2D eigenvalue weighted by Crippen LogP contribution is 2.33. The highest BCUT2D eigenvalue weighted by atomic mass is 79.9. The number of aromatic nitrogens is 2. The van der Waals surface area contributed by atoms with E-state index in [1.165, 1.54) is 12.1 Å². The summed E-state index contributed by atoms with van der Waals surface area (Å²) in [4.78, 5) is 2.31. The lowest BCUT2D eigenvalue weighted by Crippen LogP contribution is -2.22. The van der Waals surface area contributed by atoms with Crippen molar-refractivity contribution in [1.29, 1.82) is 0 Å². The van der Waals surface area contributed by atoms with Crippen LogP contribution in [0.15, 0.2) is 57.4 Å². The van der Waals surface area contributed by atoms with E-state index in [0.29, 0.717) is 18.3 Å². The van der Waals surface area contributed by atoms with Crippen LogP contribution in [0.25, 0.3) is 11.5 Å². The largest absolute Gasteiger partial charge is 0.419 e. The highest BCUT2D eigenvalue weighted by Gasteiger charge is 2.27. The lowest BCUT2D eigenvalue weighted by Gasteiger charge is -2.23. The second kappa shape index (κ2) is 7.06. The van der Waals surface area contributed by atoms with Gasteiger partial charge in [-0.05, 0) is 61.3 Å². The van der Waals surface area contributed by atoms with Gasteiger partial charge in [0.15, 0.2) is 0 Å². The summed E-state index contributed by atoms with van der Waals surface area (Å²) in [7, 11) is 0. The number of likely N-dealkylation sites (tertiary alicyclic amines) is 1. The molecule has 1 atom stereocenters. The summed E-state index contributed by atoms with van der Waals surface area (Å²) in [5, 5.41) is 8.35. The monoisotopic (exact) mass is 401 g/mol.